The average molecular weight is 440 g/mol. The van der Waals surface area contributed by atoms with Gasteiger partial charge in [-0.2, -0.15) is 0 Å². The molecule has 0 saturated carbocycles. The summed E-state index contributed by atoms with van der Waals surface area (Å²) in [7, 11) is 0. The number of rotatable bonds is 2. The van der Waals surface area contributed by atoms with Gasteiger partial charge in [0.15, 0.2) is 0 Å². The summed E-state index contributed by atoms with van der Waals surface area (Å²) >= 11 is 6.47. The maximum atomic E-state index is 14.2. The average Bonchev–Trinajstić information content (AvgIpc) is 3.39. The summed E-state index contributed by atoms with van der Waals surface area (Å²) in [5.74, 6) is -0.0569. The van der Waals surface area contributed by atoms with Gasteiger partial charge in [-0.05, 0) is 44.5 Å². The number of carbonyl (C=O) groups excluding carboxylic acids is 1. The minimum Gasteiger partial charge on any atom is -0.358 e. The molecule has 0 fully saturated rings. The van der Waals surface area contributed by atoms with Gasteiger partial charge >= 0.3 is 0 Å². The number of carbonyl (C=O) groups is 1. The number of H-pyrrole nitrogens is 2. The largest absolute Gasteiger partial charge is 0.358 e. The fourth-order valence-electron chi connectivity index (χ4n) is 5.63. The summed E-state index contributed by atoms with van der Waals surface area (Å²) < 4.78 is 0. The molecule has 0 radical (unpaired) electrons. The number of anilines is 1. The number of halogens is 1. The molecule has 3 aromatic carbocycles. The molecule has 0 saturated heterocycles. The van der Waals surface area contributed by atoms with Crippen molar-refractivity contribution in [3.63, 3.8) is 0 Å². The van der Waals surface area contributed by atoms with Crippen LogP contribution in [0.4, 0.5) is 5.69 Å². The first-order chi connectivity index (χ1) is 15.4. The topological polar surface area (TPSA) is 60.7 Å². The van der Waals surface area contributed by atoms with Gasteiger partial charge in [-0.25, -0.2) is 0 Å². The van der Waals surface area contributed by atoms with Crippen molar-refractivity contribution in [1.82, 2.24) is 9.97 Å². The molecule has 5 heteroatoms. The molecule has 1 aliphatic rings. The van der Waals surface area contributed by atoms with Crippen LogP contribution in [0.2, 0.25) is 5.02 Å². The lowest BCUT2D eigenvalue weighted by Gasteiger charge is -2.30. The van der Waals surface area contributed by atoms with Crippen molar-refractivity contribution >= 4 is 45.0 Å². The van der Waals surface area contributed by atoms with E-state index in [9.17, 15) is 4.79 Å². The van der Waals surface area contributed by atoms with Crippen LogP contribution in [0.5, 0.6) is 0 Å². The van der Waals surface area contributed by atoms with Gasteiger partial charge in [0.25, 0.3) is 0 Å². The van der Waals surface area contributed by atoms with E-state index in [2.05, 4.69) is 53.4 Å². The zero-order valence-electron chi connectivity index (χ0n) is 18.1. The first kappa shape index (κ1) is 19.2. The molecule has 5 aromatic rings. The Balaban J connectivity index is 1.86. The smallest absolute Gasteiger partial charge is 0.244 e. The molecule has 6 rings (SSSR count). The number of hydrogen-bond donors (Lipinski definition) is 3. The number of aromatic amines is 2. The standard InChI is InChI=1S/C27H22ClN3O/c1-14-20(28)13-12-19-25(14)31-26(32)27(19,23-15(2)29-21-10-6-4-8-17(21)23)24-16(3)30-22-11-7-5-9-18(22)24/h4-13,29-30H,1-3H3,(H,31,32). The van der Waals surface area contributed by atoms with Crippen LogP contribution in [0.3, 0.4) is 0 Å². The Morgan fingerprint density at radius 3 is 1.84 bits per heavy atom. The highest BCUT2D eigenvalue weighted by molar-refractivity contribution is 6.32. The van der Waals surface area contributed by atoms with Crippen molar-refractivity contribution in [2.24, 2.45) is 0 Å². The quantitative estimate of drug-likeness (QED) is 0.288. The van der Waals surface area contributed by atoms with Crippen LogP contribution >= 0.6 is 11.6 Å². The Hall–Kier alpha value is -3.50. The molecule has 0 bridgehead atoms. The predicted molar refractivity (Wildman–Crippen MR) is 131 cm³/mol. The molecule has 0 unspecified atom stereocenters. The number of aromatic nitrogens is 2. The third kappa shape index (κ3) is 2.25. The van der Waals surface area contributed by atoms with Crippen molar-refractivity contribution in [2.75, 3.05) is 5.32 Å². The second-order valence-corrected chi connectivity index (χ2v) is 9.05. The van der Waals surface area contributed by atoms with Crippen molar-refractivity contribution in [1.29, 1.82) is 0 Å². The fraction of sp³-hybridized carbons (Fsp3) is 0.148. The lowest BCUT2D eigenvalue weighted by molar-refractivity contribution is -0.118. The number of fused-ring (bicyclic) bond motifs is 3. The lowest BCUT2D eigenvalue weighted by atomic mass is 9.68. The lowest BCUT2D eigenvalue weighted by Crippen LogP contribution is -2.38. The maximum Gasteiger partial charge on any atom is 0.244 e. The van der Waals surface area contributed by atoms with E-state index in [1.54, 1.807) is 0 Å². The Labute approximate surface area is 190 Å². The normalized spacial score (nSPS) is 14.8. The molecule has 0 spiro atoms. The van der Waals surface area contributed by atoms with E-state index in [1.807, 2.05) is 43.3 Å². The van der Waals surface area contributed by atoms with Crippen molar-refractivity contribution < 1.29 is 4.79 Å². The van der Waals surface area contributed by atoms with Gasteiger partial charge < -0.3 is 15.3 Å². The number of aryl methyl sites for hydroxylation is 2. The molecule has 32 heavy (non-hydrogen) atoms. The minimum atomic E-state index is -1.02. The molecule has 0 aliphatic carbocycles. The Kier molecular flexibility index (Phi) is 3.90. The van der Waals surface area contributed by atoms with E-state index in [4.69, 9.17) is 11.6 Å². The van der Waals surface area contributed by atoms with Gasteiger partial charge in [0.2, 0.25) is 5.91 Å². The molecule has 1 amide bonds. The molecule has 2 aromatic heterocycles. The third-order valence-corrected chi connectivity index (χ3v) is 7.33. The first-order valence-corrected chi connectivity index (χ1v) is 11.1. The van der Waals surface area contributed by atoms with E-state index in [1.165, 1.54) is 0 Å². The highest BCUT2D eigenvalue weighted by atomic mass is 35.5. The van der Waals surface area contributed by atoms with E-state index < -0.39 is 5.41 Å². The minimum absolute atomic E-state index is 0.0569. The number of benzene rings is 3. The summed E-state index contributed by atoms with van der Waals surface area (Å²) in [6.07, 6.45) is 0. The van der Waals surface area contributed by atoms with Gasteiger partial charge in [0, 0.05) is 54.9 Å². The molecule has 3 heterocycles. The zero-order valence-corrected chi connectivity index (χ0v) is 18.8. The first-order valence-electron chi connectivity index (χ1n) is 10.7. The second-order valence-electron chi connectivity index (χ2n) is 8.64. The van der Waals surface area contributed by atoms with Gasteiger partial charge in [-0.15, -0.1) is 0 Å². The maximum absolute atomic E-state index is 14.2. The Morgan fingerprint density at radius 2 is 1.28 bits per heavy atom. The molecule has 158 valence electrons. The molecule has 4 nitrogen and oxygen atoms in total. The van der Waals surface area contributed by atoms with Crippen LogP contribution in [0.25, 0.3) is 21.8 Å². The van der Waals surface area contributed by atoms with E-state index in [0.717, 1.165) is 61.1 Å². The van der Waals surface area contributed by atoms with Crippen LogP contribution in [0, 0.1) is 20.8 Å². The number of hydrogen-bond acceptors (Lipinski definition) is 1. The summed E-state index contributed by atoms with van der Waals surface area (Å²) in [5, 5.41) is 5.94. The van der Waals surface area contributed by atoms with Crippen LogP contribution in [-0.4, -0.2) is 15.9 Å². The van der Waals surface area contributed by atoms with Gasteiger partial charge in [-0.1, -0.05) is 54.1 Å². The van der Waals surface area contributed by atoms with E-state index in [-0.39, 0.29) is 5.91 Å². The van der Waals surface area contributed by atoms with Crippen LogP contribution in [-0.2, 0) is 10.2 Å². The zero-order chi connectivity index (χ0) is 22.2. The SMILES string of the molecule is Cc1[nH]c2ccccc2c1C1(c2c(C)[nH]c3ccccc23)C(=O)Nc2c1ccc(Cl)c2C. The van der Waals surface area contributed by atoms with Crippen LogP contribution in [0.1, 0.15) is 33.6 Å². The highest BCUT2D eigenvalue weighted by Gasteiger charge is 2.54. The van der Waals surface area contributed by atoms with Crippen molar-refractivity contribution in [3.8, 4) is 0 Å². The predicted octanol–water partition coefficient (Wildman–Crippen LogP) is 6.51. The summed E-state index contributed by atoms with van der Waals surface area (Å²) in [4.78, 5) is 21.3. The summed E-state index contributed by atoms with van der Waals surface area (Å²) in [6, 6.07) is 20.3. The highest BCUT2D eigenvalue weighted by Crippen LogP contribution is 2.54. The number of para-hydroxylation sites is 2. The second kappa shape index (κ2) is 6.50. The summed E-state index contributed by atoms with van der Waals surface area (Å²) in [6.45, 7) is 6.06. The third-order valence-electron chi connectivity index (χ3n) is 6.92. The van der Waals surface area contributed by atoms with E-state index >= 15 is 0 Å². The van der Waals surface area contributed by atoms with Crippen molar-refractivity contribution in [3.05, 3.63) is 99.3 Å². The Morgan fingerprint density at radius 1 is 0.750 bits per heavy atom. The molecule has 0 atom stereocenters. The molecule has 3 N–H and O–H groups in total. The molecule has 1 aliphatic heterocycles. The number of nitrogens with one attached hydrogen (secondary N) is 3. The fourth-order valence-corrected chi connectivity index (χ4v) is 5.79. The number of amides is 1. The van der Waals surface area contributed by atoms with Gasteiger partial charge in [0.1, 0.15) is 5.41 Å². The van der Waals surface area contributed by atoms with Crippen LogP contribution in [0.15, 0.2) is 60.7 Å². The molecular formula is C27H22ClN3O. The Bertz CT molecular complexity index is 1490. The monoisotopic (exact) mass is 439 g/mol. The van der Waals surface area contributed by atoms with Gasteiger partial charge in [0.05, 0.1) is 5.69 Å². The summed E-state index contributed by atoms with van der Waals surface area (Å²) in [5.41, 5.74) is 7.57. The van der Waals surface area contributed by atoms with Crippen LogP contribution < -0.4 is 5.32 Å². The van der Waals surface area contributed by atoms with Crippen molar-refractivity contribution in [2.45, 2.75) is 26.2 Å². The van der Waals surface area contributed by atoms with E-state index in [0.29, 0.717) is 5.02 Å². The molecular weight excluding hydrogens is 418 g/mol. The van der Waals surface area contributed by atoms with Gasteiger partial charge in [-0.3, -0.25) is 4.79 Å².